The van der Waals surface area contributed by atoms with Gasteiger partial charge in [-0.05, 0) is 12.3 Å². The molecular weight excluding hydrogens is 236 g/mol. The summed E-state index contributed by atoms with van der Waals surface area (Å²) in [5.74, 6) is 0.408. The second-order valence-electron chi connectivity index (χ2n) is 4.60. The van der Waals surface area contributed by atoms with Gasteiger partial charge in [0.25, 0.3) is 0 Å². The van der Waals surface area contributed by atoms with Crippen LogP contribution in [0.2, 0.25) is 0 Å². The summed E-state index contributed by atoms with van der Waals surface area (Å²) < 4.78 is 5.11. The van der Waals surface area contributed by atoms with E-state index in [9.17, 15) is 4.79 Å². The van der Waals surface area contributed by atoms with Crippen LogP contribution in [-0.4, -0.2) is 28.6 Å². The first-order chi connectivity index (χ1) is 8.11. The van der Waals surface area contributed by atoms with Crippen LogP contribution in [-0.2, 0) is 17.7 Å². The number of amides is 1. The molecule has 1 aromatic heterocycles. The zero-order valence-electron chi connectivity index (χ0n) is 10.5. The Morgan fingerprint density at radius 1 is 1.65 bits per heavy atom. The molecule has 0 spiro atoms. The van der Waals surface area contributed by atoms with Crippen molar-refractivity contribution in [2.24, 2.45) is 5.92 Å². The van der Waals surface area contributed by atoms with Crippen LogP contribution in [0.1, 0.15) is 31.5 Å². The Hall–Kier alpha value is -1.10. The fourth-order valence-electron chi connectivity index (χ4n) is 1.96. The number of carbonyl (C=O) groups is 1. The topological polar surface area (TPSA) is 42.4 Å². The minimum atomic E-state index is -0.213. The fourth-order valence-corrected chi connectivity index (χ4v) is 2.69. The molecule has 2 heterocycles. The maximum Gasteiger partial charge on any atom is 0.410 e. The van der Waals surface area contributed by atoms with E-state index in [-0.39, 0.29) is 12.1 Å². The molecule has 4 nitrogen and oxygen atoms in total. The van der Waals surface area contributed by atoms with Gasteiger partial charge in [0.05, 0.1) is 23.3 Å². The van der Waals surface area contributed by atoms with E-state index < -0.39 is 0 Å². The standard InChI is InChI=1S/C12H18N2O2S/c1-4-11-13-9(7-17-11)5-14-10(8(2)3)6-16-12(14)15/h7-8,10H,4-6H2,1-3H3/t10-/m1/s1. The van der Waals surface area contributed by atoms with Crippen molar-refractivity contribution >= 4 is 17.4 Å². The predicted octanol–water partition coefficient (Wildman–Crippen LogP) is 2.68. The van der Waals surface area contributed by atoms with Crippen molar-refractivity contribution in [2.45, 2.75) is 39.8 Å². The largest absolute Gasteiger partial charge is 0.447 e. The van der Waals surface area contributed by atoms with Gasteiger partial charge in [0.1, 0.15) is 6.61 Å². The number of thiazole rings is 1. The summed E-state index contributed by atoms with van der Waals surface area (Å²) in [6.07, 6.45) is 0.734. The number of hydrogen-bond acceptors (Lipinski definition) is 4. The molecule has 0 N–H and O–H groups in total. The second-order valence-corrected chi connectivity index (χ2v) is 5.54. The number of aryl methyl sites for hydroxylation is 1. The maximum absolute atomic E-state index is 11.6. The van der Waals surface area contributed by atoms with Crippen LogP contribution in [0.25, 0.3) is 0 Å². The third-order valence-corrected chi connectivity index (χ3v) is 4.06. The number of nitrogens with zero attached hydrogens (tertiary/aromatic N) is 2. The molecule has 1 saturated heterocycles. The average molecular weight is 254 g/mol. The molecule has 2 rings (SSSR count). The highest BCUT2D eigenvalue weighted by Gasteiger charge is 2.35. The van der Waals surface area contributed by atoms with Crippen molar-refractivity contribution < 1.29 is 9.53 Å². The number of hydrogen-bond donors (Lipinski definition) is 0. The van der Waals surface area contributed by atoms with Crippen molar-refractivity contribution in [3.63, 3.8) is 0 Å². The van der Waals surface area contributed by atoms with Crippen LogP contribution < -0.4 is 0 Å². The highest BCUT2D eigenvalue weighted by atomic mass is 32.1. The molecule has 0 aromatic carbocycles. The molecule has 17 heavy (non-hydrogen) atoms. The minimum Gasteiger partial charge on any atom is -0.447 e. The van der Waals surface area contributed by atoms with Gasteiger partial charge in [-0.1, -0.05) is 20.8 Å². The Balaban J connectivity index is 2.08. The van der Waals surface area contributed by atoms with Crippen molar-refractivity contribution in [1.29, 1.82) is 0 Å². The van der Waals surface area contributed by atoms with Gasteiger partial charge in [0.2, 0.25) is 0 Å². The number of aromatic nitrogens is 1. The van der Waals surface area contributed by atoms with Crippen molar-refractivity contribution in [2.75, 3.05) is 6.61 Å². The van der Waals surface area contributed by atoms with Crippen LogP contribution in [0.3, 0.4) is 0 Å². The normalized spacial score (nSPS) is 20.1. The average Bonchev–Trinajstić information content (AvgIpc) is 2.87. The lowest BCUT2D eigenvalue weighted by Gasteiger charge is -2.23. The van der Waals surface area contributed by atoms with Gasteiger partial charge in [-0.2, -0.15) is 0 Å². The molecule has 0 saturated carbocycles. The van der Waals surface area contributed by atoms with Gasteiger partial charge in [0, 0.05) is 5.38 Å². The van der Waals surface area contributed by atoms with Gasteiger partial charge in [-0.3, -0.25) is 4.90 Å². The van der Waals surface area contributed by atoms with Crippen molar-refractivity contribution in [3.8, 4) is 0 Å². The molecule has 1 fully saturated rings. The summed E-state index contributed by atoms with van der Waals surface area (Å²) in [6.45, 7) is 7.37. The van der Waals surface area contributed by atoms with Gasteiger partial charge >= 0.3 is 6.09 Å². The minimum absolute atomic E-state index is 0.175. The Morgan fingerprint density at radius 3 is 3.00 bits per heavy atom. The molecule has 1 aliphatic rings. The quantitative estimate of drug-likeness (QED) is 0.829. The lowest BCUT2D eigenvalue weighted by molar-refractivity contribution is 0.154. The Morgan fingerprint density at radius 2 is 2.41 bits per heavy atom. The van der Waals surface area contributed by atoms with E-state index in [0.29, 0.717) is 19.1 Å². The molecule has 0 bridgehead atoms. The molecular formula is C12H18N2O2S. The van der Waals surface area contributed by atoms with E-state index in [1.54, 1.807) is 16.2 Å². The van der Waals surface area contributed by atoms with Gasteiger partial charge in [-0.15, -0.1) is 11.3 Å². The van der Waals surface area contributed by atoms with Crippen molar-refractivity contribution in [3.05, 3.63) is 16.1 Å². The van der Waals surface area contributed by atoms with E-state index in [4.69, 9.17) is 4.74 Å². The smallest absolute Gasteiger partial charge is 0.410 e. The summed E-state index contributed by atoms with van der Waals surface area (Å²) in [6, 6.07) is 0.175. The fraction of sp³-hybridized carbons (Fsp3) is 0.667. The lowest BCUT2D eigenvalue weighted by Crippen LogP contribution is -2.36. The van der Waals surface area contributed by atoms with E-state index in [1.165, 1.54) is 0 Å². The summed E-state index contributed by atoms with van der Waals surface area (Å²) in [5, 5.41) is 3.15. The van der Waals surface area contributed by atoms with Gasteiger partial charge in [-0.25, -0.2) is 9.78 Å². The summed E-state index contributed by atoms with van der Waals surface area (Å²) in [7, 11) is 0. The molecule has 5 heteroatoms. The van der Waals surface area contributed by atoms with E-state index in [1.807, 2.05) is 5.38 Å². The van der Waals surface area contributed by atoms with Crippen LogP contribution in [0.4, 0.5) is 4.79 Å². The first-order valence-electron chi connectivity index (χ1n) is 5.98. The number of carbonyl (C=O) groups excluding carboxylic acids is 1. The van der Waals surface area contributed by atoms with Gasteiger partial charge < -0.3 is 4.74 Å². The number of ether oxygens (including phenoxy) is 1. The highest BCUT2D eigenvalue weighted by Crippen LogP contribution is 2.22. The van der Waals surface area contributed by atoms with Crippen LogP contribution in [0.15, 0.2) is 5.38 Å². The van der Waals surface area contributed by atoms with Crippen LogP contribution >= 0.6 is 11.3 Å². The molecule has 94 valence electrons. The number of cyclic esters (lactones) is 1. The van der Waals surface area contributed by atoms with E-state index in [0.717, 1.165) is 17.1 Å². The highest BCUT2D eigenvalue weighted by molar-refractivity contribution is 7.09. The first-order valence-corrected chi connectivity index (χ1v) is 6.86. The second kappa shape index (κ2) is 5.04. The van der Waals surface area contributed by atoms with Gasteiger partial charge in [0.15, 0.2) is 0 Å². The molecule has 0 aliphatic carbocycles. The van der Waals surface area contributed by atoms with Crippen LogP contribution in [0, 0.1) is 5.92 Å². The zero-order chi connectivity index (χ0) is 12.4. The maximum atomic E-state index is 11.6. The third kappa shape index (κ3) is 2.60. The molecule has 1 amide bonds. The Labute approximate surface area is 106 Å². The summed E-state index contributed by atoms with van der Waals surface area (Å²) in [5.41, 5.74) is 0.969. The lowest BCUT2D eigenvalue weighted by atomic mass is 10.0. The molecule has 1 aliphatic heterocycles. The molecule has 1 aromatic rings. The van der Waals surface area contributed by atoms with Crippen molar-refractivity contribution in [1.82, 2.24) is 9.88 Å². The third-order valence-electron chi connectivity index (χ3n) is 3.02. The SMILES string of the molecule is CCc1nc(CN2C(=O)OC[C@@H]2C(C)C)cs1. The number of rotatable bonds is 4. The Kier molecular flexibility index (Phi) is 3.66. The first kappa shape index (κ1) is 12.4. The molecule has 1 atom stereocenters. The molecule has 0 radical (unpaired) electrons. The monoisotopic (exact) mass is 254 g/mol. The van der Waals surface area contributed by atoms with E-state index in [2.05, 4.69) is 25.8 Å². The zero-order valence-corrected chi connectivity index (χ0v) is 11.3. The summed E-state index contributed by atoms with van der Waals surface area (Å²) in [4.78, 5) is 17.9. The summed E-state index contributed by atoms with van der Waals surface area (Å²) >= 11 is 1.65. The molecule has 0 unspecified atom stereocenters. The van der Waals surface area contributed by atoms with Crippen LogP contribution in [0.5, 0.6) is 0 Å². The Bertz CT molecular complexity index is 403. The van der Waals surface area contributed by atoms with E-state index >= 15 is 0 Å². The predicted molar refractivity (Wildman–Crippen MR) is 67.0 cm³/mol.